The zero-order valence-corrected chi connectivity index (χ0v) is 10.3. The number of aliphatic hydroxyl groups excluding tert-OH is 2. The van der Waals surface area contributed by atoms with Crippen molar-refractivity contribution in [1.82, 2.24) is 19.5 Å². The van der Waals surface area contributed by atoms with Crippen LogP contribution in [0.2, 0.25) is 0 Å². The zero-order chi connectivity index (χ0) is 14.2. The average molecular weight is 285 g/mol. The van der Waals surface area contributed by atoms with E-state index in [1.54, 1.807) is 0 Å². The Bertz CT molecular complexity index is 681. The molecule has 0 saturated heterocycles. The number of imidazole rings is 1. The number of aliphatic hydroxyl groups is 2. The van der Waals surface area contributed by atoms with Gasteiger partial charge in [-0.1, -0.05) is 0 Å². The number of hydrogen-bond acceptors (Lipinski definition) is 7. The van der Waals surface area contributed by atoms with Crippen LogP contribution in [-0.2, 0) is 11.3 Å². The van der Waals surface area contributed by atoms with Gasteiger partial charge in [0.15, 0.2) is 22.3 Å². The van der Waals surface area contributed by atoms with Gasteiger partial charge < -0.3 is 26.0 Å². The van der Waals surface area contributed by atoms with Gasteiger partial charge in [-0.15, -0.1) is 0 Å². The number of rotatable bonds is 4. The lowest BCUT2D eigenvalue weighted by molar-refractivity contribution is -0.153. The molecule has 6 N–H and O–H groups in total. The van der Waals surface area contributed by atoms with E-state index in [0.717, 1.165) is 0 Å². The highest BCUT2D eigenvalue weighted by Gasteiger charge is 2.25. The van der Waals surface area contributed by atoms with Gasteiger partial charge in [0, 0.05) is 0 Å². The highest BCUT2D eigenvalue weighted by Crippen LogP contribution is 2.16. The van der Waals surface area contributed by atoms with Gasteiger partial charge in [-0.3, -0.25) is 4.57 Å². The number of anilines is 1. The maximum absolute atomic E-state index is 10.6. The summed E-state index contributed by atoms with van der Waals surface area (Å²) in [5.41, 5.74) is 6.35. The number of aromatic amines is 1. The van der Waals surface area contributed by atoms with E-state index in [9.17, 15) is 15.0 Å². The van der Waals surface area contributed by atoms with Gasteiger partial charge in [-0.2, -0.15) is 0 Å². The minimum absolute atomic E-state index is 0.183. The van der Waals surface area contributed by atoms with Gasteiger partial charge >= 0.3 is 5.97 Å². The predicted molar refractivity (Wildman–Crippen MR) is 66.8 cm³/mol. The van der Waals surface area contributed by atoms with Crippen molar-refractivity contribution in [2.45, 2.75) is 18.8 Å². The third-order valence-corrected chi connectivity index (χ3v) is 2.90. The van der Waals surface area contributed by atoms with Gasteiger partial charge in [-0.25, -0.2) is 14.8 Å². The van der Waals surface area contributed by atoms with E-state index in [-0.39, 0.29) is 17.1 Å². The highest BCUT2D eigenvalue weighted by atomic mass is 32.1. The molecule has 0 amide bonds. The molecule has 0 aromatic carbocycles. The van der Waals surface area contributed by atoms with Crippen molar-refractivity contribution in [2.24, 2.45) is 0 Å². The van der Waals surface area contributed by atoms with Crippen molar-refractivity contribution in [3.63, 3.8) is 0 Å². The lowest BCUT2D eigenvalue weighted by Crippen LogP contribution is -2.36. The van der Waals surface area contributed by atoms with E-state index < -0.39 is 18.2 Å². The molecule has 0 aliphatic rings. The molecule has 102 valence electrons. The van der Waals surface area contributed by atoms with Crippen LogP contribution < -0.4 is 5.73 Å². The molecule has 0 bridgehead atoms. The van der Waals surface area contributed by atoms with Crippen LogP contribution in [0.4, 0.5) is 5.82 Å². The minimum atomic E-state index is -1.91. The Morgan fingerprint density at radius 2 is 2.21 bits per heavy atom. The van der Waals surface area contributed by atoms with Crippen molar-refractivity contribution in [3.8, 4) is 0 Å². The Morgan fingerprint density at radius 1 is 1.53 bits per heavy atom. The summed E-state index contributed by atoms with van der Waals surface area (Å²) in [4.78, 5) is 21.1. The number of carboxylic acid groups (broad SMARTS) is 1. The summed E-state index contributed by atoms with van der Waals surface area (Å²) in [5.74, 6) is -1.34. The number of hydrogen-bond donors (Lipinski definition) is 5. The number of fused-ring (bicyclic) bond motifs is 1. The van der Waals surface area contributed by atoms with Gasteiger partial charge in [0.25, 0.3) is 0 Å². The van der Waals surface area contributed by atoms with Crippen LogP contribution in [0.5, 0.6) is 0 Å². The first kappa shape index (κ1) is 13.4. The number of carbonyl (C=O) groups is 1. The molecule has 2 rings (SSSR count). The van der Waals surface area contributed by atoms with Crippen molar-refractivity contribution in [2.75, 3.05) is 5.73 Å². The highest BCUT2D eigenvalue weighted by molar-refractivity contribution is 7.71. The summed E-state index contributed by atoms with van der Waals surface area (Å²) in [7, 11) is 0. The van der Waals surface area contributed by atoms with E-state index in [2.05, 4.69) is 15.0 Å². The minimum Gasteiger partial charge on any atom is -0.479 e. The van der Waals surface area contributed by atoms with Gasteiger partial charge in [-0.05, 0) is 12.2 Å². The summed E-state index contributed by atoms with van der Waals surface area (Å²) in [6.07, 6.45) is -2.22. The second kappa shape index (κ2) is 4.91. The first-order valence-corrected chi connectivity index (χ1v) is 5.60. The number of aliphatic carboxylic acids is 1. The van der Waals surface area contributed by atoms with Gasteiger partial charge in [0.1, 0.15) is 17.9 Å². The lowest BCUT2D eigenvalue weighted by Gasteiger charge is -2.14. The monoisotopic (exact) mass is 285 g/mol. The number of nitrogens with one attached hydrogen (secondary N) is 1. The van der Waals surface area contributed by atoms with Crippen molar-refractivity contribution >= 4 is 35.2 Å². The molecule has 0 aliphatic heterocycles. The molecule has 0 fully saturated rings. The summed E-state index contributed by atoms with van der Waals surface area (Å²) < 4.78 is 1.54. The summed E-state index contributed by atoms with van der Waals surface area (Å²) in [5, 5.41) is 27.5. The van der Waals surface area contributed by atoms with E-state index in [1.165, 1.54) is 10.9 Å². The fourth-order valence-electron chi connectivity index (χ4n) is 1.61. The molecule has 2 aromatic rings. The molecule has 9 nitrogen and oxygen atoms in total. The molecular formula is C9H11N5O4S. The topological polar surface area (TPSA) is 150 Å². The SMILES string of the molecule is Nc1ncnc2c1[nH]c(=S)n2C[C@@H](O)[C@@H](O)C(=O)O. The second-order valence-electron chi connectivity index (χ2n) is 3.85. The van der Waals surface area contributed by atoms with E-state index in [1.807, 2.05) is 0 Å². The van der Waals surface area contributed by atoms with Crippen molar-refractivity contribution in [3.05, 3.63) is 11.1 Å². The first-order valence-electron chi connectivity index (χ1n) is 5.19. The molecule has 10 heteroatoms. The standard InChI is InChI=1S/C9H11N5O4S/c10-6-4-7(12-2-11-6)14(9(19)13-4)1-3(15)5(16)8(17)18/h2-3,5,15-16H,1H2,(H,13,19)(H,17,18)(H2,10,11,12)/t3-,5-/m1/s1. The smallest absolute Gasteiger partial charge is 0.335 e. The van der Waals surface area contributed by atoms with Crippen LogP contribution in [0.15, 0.2) is 6.33 Å². The molecule has 0 aliphatic carbocycles. The Morgan fingerprint density at radius 3 is 2.84 bits per heavy atom. The number of nitrogens with zero attached hydrogens (tertiary/aromatic N) is 3. The molecule has 2 atom stereocenters. The van der Waals surface area contributed by atoms with E-state index in [0.29, 0.717) is 11.2 Å². The predicted octanol–water partition coefficient (Wildman–Crippen LogP) is -1.12. The third-order valence-electron chi connectivity index (χ3n) is 2.58. The zero-order valence-electron chi connectivity index (χ0n) is 9.52. The van der Waals surface area contributed by atoms with Crippen LogP contribution >= 0.6 is 12.2 Å². The number of aromatic nitrogens is 4. The molecule has 0 unspecified atom stereocenters. The molecule has 0 radical (unpaired) electrons. The summed E-state index contributed by atoms with van der Waals surface area (Å²) >= 11 is 5.03. The number of H-pyrrole nitrogens is 1. The van der Waals surface area contributed by atoms with Gasteiger partial charge in [0.2, 0.25) is 0 Å². The number of nitrogen functional groups attached to an aromatic ring is 1. The van der Waals surface area contributed by atoms with Gasteiger partial charge in [0.05, 0.1) is 6.54 Å². The Labute approximate surface area is 111 Å². The normalized spacial score (nSPS) is 14.4. The van der Waals surface area contributed by atoms with Crippen molar-refractivity contribution < 1.29 is 20.1 Å². The van der Waals surface area contributed by atoms with Crippen LogP contribution in [0.3, 0.4) is 0 Å². The van der Waals surface area contributed by atoms with Crippen molar-refractivity contribution in [1.29, 1.82) is 0 Å². The third kappa shape index (κ3) is 2.41. The van der Waals surface area contributed by atoms with Crippen LogP contribution in [-0.4, -0.2) is 53.0 Å². The summed E-state index contributed by atoms with van der Waals surface area (Å²) in [6.45, 7) is -0.233. The summed E-state index contributed by atoms with van der Waals surface area (Å²) in [6, 6.07) is 0. The molecule has 0 saturated carbocycles. The molecule has 0 spiro atoms. The fourth-order valence-corrected chi connectivity index (χ4v) is 1.87. The number of carboxylic acids is 1. The van der Waals surface area contributed by atoms with Crippen LogP contribution in [0, 0.1) is 4.77 Å². The molecule has 19 heavy (non-hydrogen) atoms. The molecular weight excluding hydrogens is 274 g/mol. The van der Waals surface area contributed by atoms with E-state index in [4.69, 9.17) is 23.1 Å². The number of nitrogens with two attached hydrogens (primary N) is 1. The second-order valence-corrected chi connectivity index (χ2v) is 4.24. The van der Waals surface area contributed by atoms with E-state index >= 15 is 0 Å². The Balaban J connectivity index is 2.41. The maximum atomic E-state index is 10.6. The lowest BCUT2D eigenvalue weighted by atomic mass is 10.2. The Hall–Kier alpha value is -2.04. The fraction of sp³-hybridized carbons (Fsp3) is 0.333. The maximum Gasteiger partial charge on any atom is 0.335 e. The van der Waals surface area contributed by atoms with Crippen LogP contribution in [0.1, 0.15) is 0 Å². The quantitative estimate of drug-likeness (QED) is 0.443. The molecule has 2 heterocycles. The first-order chi connectivity index (χ1) is 8.91. The Kier molecular flexibility index (Phi) is 3.46. The largest absolute Gasteiger partial charge is 0.479 e. The average Bonchev–Trinajstić information content (AvgIpc) is 2.67. The molecule has 2 aromatic heterocycles. The van der Waals surface area contributed by atoms with Crippen LogP contribution in [0.25, 0.3) is 11.2 Å².